The van der Waals surface area contributed by atoms with Gasteiger partial charge in [0, 0.05) is 42.7 Å². The highest BCUT2D eigenvalue weighted by molar-refractivity contribution is 5.62. The number of ether oxygens (including phenoxy) is 1. The molecule has 4 rings (SSSR count). The zero-order valence-electron chi connectivity index (χ0n) is 15.8. The first-order chi connectivity index (χ1) is 13.2. The average molecular weight is 361 g/mol. The Morgan fingerprint density at radius 2 is 2.07 bits per heavy atom. The van der Waals surface area contributed by atoms with Crippen LogP contribution in [0.25, 0.3) is 0 Å². The molecule has 0 amide bonds. The molecule has 3 heterocycles. The lowest BCUT2D eigenvalue weighted by Gasteiger charge is -2.24. The van der Waals surface area contributed by atoms with Crippen LogP contribution in [0.5, 0.6) is 5.75 Å². The van der Waals surface area contributed by atoms with Crippen molar-refractivity contribution in [2.45, 2.75) is 25.8 Å². The van der Waals surface area contributed by atoms with Gasteiger partial charge in [-0.1, -0.05) is 6.07 Å². The molecule has 2 aromatic heterocycles. The third-order valence-electron chi connectivity index (χ3n) is 4.88. The molecule has 0 spiro atoms. The van der Waals surface area contributed by atoms with Gasteiger partial charge in [-0.15, -0.1) is 0 Å². The molecule has 3 aromatic rings. The van der Waals surface area contributed by atoms with Crippen LogP contribution in [0.1, 0.15) is 31.0 Å². The lowest BCUT2D eigenvalue weighted by molar-refractivity contribution is 0.415. The molecule has 138 valence electrons. The van der Waals surface area contributed by atoms with Crippen molar-refractivity contribution in [3.8, 4) is 5.75 Å². The molecule has 1 aliphatic rings. The molecule has 1 unspecified atom stereocenters. The van der Waals surface area contributed by atoms with E-state index in [0.29, 0.717) is 12.0 Å². The molecule has 0 bridgehead atoms. The third kappa shape index (κ3) is 3.43. The number of benzene rings is 1. The normalized spacial score (nSPS) is 15.7. The number of nitrogens with one attached hydrogen (secondary N) is 1. The summed E-state index contributed by atoms with van der Waals surface area (Å²) in [7, 11) is 1.66. The topological polar surface area (TPSA) is 63.2 Å². The minimum atomic E-state index is 0.208. The minimum Gasteiger partial charge on any atom is -0.497 e. The van der Waals surface area contributed by atoms with Crippen LogP contribution in [-0.2, 0) is 0 Å². The van der Waals surface area contributed by atoms with E-state index in [1.807, 2.05) is 48.9 Å². The van der Waals surface area contributed by atoms with E-state index < -0.39 is 0 Å². The van der Waals surface area contributed by atoms with Crippen molar-refractivity contribution in [1.82, 2.24) is 15.0 Å². The van der Waals surface area contributed by atoms with E-state index in [4.69, 9.17) is 9.72 Å². The second-order valence-corrected chi connectivity index (χ2v) is 6.90. The monoisotopic (exact) mass is 361 g/mol. The van der Waals surface area contributed by atoms with Gasteiger partial charge in [0.1, 0.15) is 5.75 Å². The minimum absolute atomic E-state index is 0.208. The van der Waals surface area contributed by atoms with Gasteiger partial charge in [-0.05, 0) is 43.7 Å². The summed E-state index contributed by atoms with van der Waals surface area (Å²) in [6.45, 7) is 5.30. The molecule has 0 aliphatic carbocycles. The quantitative estimate of drug-likeness (QED) is 0.741. The van der Waals surface area contributed by atoms with Crippen molar-refractivity contribution >= 4 is 17.3 Å². The highest BCUT2D eigenvalue weighted by atomic mass is 16.5. The van der Waals surface area contributed by atoms with E-state index in [9.17, 15) is 0 Å². The number of fused-ring (bicyclic) bond motifs is 1. The molecule has 0 fully saturated rings. The zero-order chi connectivity index (χ0) is 18.8. The Morgan fingerprint density at radius 1 is 1.19 bits per heavy atom. The van der Waals surface area contributed by atoms with Crippen LogP contribution >= 0.6 is 0 Å². The summed E-state index contributed by atoms with van der Waals surface area (Å²) in [5.41, 5.74) is 4.36. The third-order valence-corrected chi connectivity index (χ3v) is 4.88. The maximum absolute atomic E-state index is 5.28. The first kappa shape index (κ1) is 17.3. The summed E-state index contributed by atoms with van der Waals surface area (Å²) in [4.78, 5) is 15.9. The maximum atomic E-state index is 5.28. The predicted molar refractivity (Wildman–Crippen MR) is 107 cm³/mol. The SMILES string of the molecule is COc1cccc(Nc2nccc(C3CN(C(C)C)c4cnccc43)n2)c1. The van der Waals surface area contributed by atoms with Gasteiger partial charge in [-0.3, -0.25) is 4.98 Å². The number of rotatable bonds is 5. The Balaban J connectivity index is 1.63. The van der Waals surface area contributed by atoms with E-state index in [2.05, 4.69) is 40.1 Å². The van der Waals surface area contributed by atoms with Crippen molar-refractivity contribution in [3.05, 3.63) is 66.2 Å². The Morgan fingerprint density at radius 3 is 2.89 bits per heavy atom. The van der Waals surface area contributed by atoms with Crippen LogP contribution in [0, 0.1) is 0 Å². The Kier molecular flexibility index (Phi) is 4.62. The highest BCUT2D eigenvalue weighted by Gasteiger charge is 2.32. The van der Waals surface area contributed by atoms with Gasteiger partial charge < -0.3 is 15.0 Å². The number of nitrogens with zero attached hydrogens (tertiary/aromatic N) is 4. The van der Waals surface area contributed by atoms with Crippen LogP contribution in [0.15, 0.2) is 55.0 Å². The fourth-order valence-corrected chi connectivity index (χ4v) is 3.52. The molecule has 27 heavy (non-hydrogen) atoms. The number of methoxy groups -OCH3 is 1. The van der Waals surface area contributed by atoms with Crippen molar-refractivity contribution in [2.24, 2.45) is 0 Å². The fraction of sp³-hybridized carbons (Fsp3) is 0.286. The number of hydrogen-bond acceptors (Lipinski definition) is 6. The number of aromatic nitrogens is 3. The summed E-state index contributed by atoms with van der Waals surface area (Å²) in [5.74, 6) is 1.58. The van der Waals surface area contributed by atoms with Crippen LogP contribution < -0.4 is 15.0 Å². The Labute approximate surface area is 159 Å². The van der Waals surface area contributed by atoms with Crippen molar-refractivity contribution in [3.63, 3.8) is 0 Å². The molecule has 6 nitrogen and oxygen atoms in total. The molecule has 0 radical (unpaired) electrons. The molecular formula is C21H23N5O. The molecule has 6 heteroatoms. The smallest absolute Gasteiger partial charge is 0.227 e. The van der Waals surface area contributed by atoms with Gasteiger partial charge in [0.25, 0.3) is 0 Å². The summed E-state index contributed by atoms with van der Waals surface area (Å²) >= 11 is 0. The van der Waals surface area contributed by atoms with E-state index in [0.717, 1.165) is 23.7 Å². The predicted octanol–water partition coefficient (Wildman–Crippen LogP) is 3.98. The summed E-state index contributed by atoms with van der Waals surface area (Å²) in [6, 6.07) is 12.2. The zero-order valence-corrected chi connectivity index (χ0v) is 15.8. The summed E-state index contributed by atoms with van der Waals surface area (Å²) < 4.78 is 5.28. The molecule has 1 atom stereocenters. The average Bonchev–Trinajstić information content (AvgIpc) is 3.08. The van der Waals surface area contributed by atoms with E-state index in [1.54, 1.807) is 7.11 Å². The van der Waals surface area contributed by atoms with E-state index >= 15 is 0 Å². The standard InChI is InChI=1S/C21H23N5O/c1-14(2)26-13-18(17-7-9-22-12-20(17)26)19-8-10-23-21(25-19)24-15-5-4-6-16(11-15)27-3/h4-12,14,18H,13H2,1-3H3,(H,23,24,25). The van der Waals surface area contributed by atoms with Crippen LogP contribution in [-0.4, -0.2) is 34.6 Å². The first-order valence-electron chi connectivity index (χ1n) is 9.10. The molecule has 1 aliphatic heterocycles. The summed E-state index contributed by atoms with van der Waals surface area (Å²) in [6.07, 6.45) is 5.61. The molecule has 0 saturated carbocycles. The summed E-state index contributed by atoms with van der Waals surface area (Å²) in [5, 5.41) is 3.27. The van der Waals surface area contributed by atoms with Crippen molar-refractivity contribution < 1.29 is 4.74 Å². The van der Waals surface area contributed by atoms with Gasteiger partial charge in [0.15, 0.2) is 0 Å². The first-order valence-corrected chi connectivity index (χ1v) is 9.10. The van der Waals surface area contributed by atoms with Crippen LogP contribution in [0.3, 0.4) is 0 Å². The number of hydrogen-bond donors (Lipinski definition) is 1. The lowest BCUT2D eigenvalue weighted by atomic mass is 9.99. The molecular weight excluding hydrogens is 338 g/mol. The second-order valence-electron chi connectivity index (χ2n) is 6.90. The number of anilines is 3. The number of pyridine rings is 1. The van der Waals surface area contributed by atoms with E-state index in [-0.39, 0.29) is 5.92 Å². The van der Waals surface area contributed by atoms with Crippen LogP contribution in [0.2, 0.25) is 0 Å². The van der Waals surface area contributed by atoms with Gasteiger partial charge in [0.05, 0.1) is 24.7 Å². The largest absolute Gasteiger partial charge is 0.497 e. The Bertz CT molecular complexity index is 943. The van der Waals surface area contributed by atoms with Crippen LogP contribution in [0.4, 0.5) is 17.3 Å². The highest BCUT2D eigenvalue weighted by Crippen LogP contribution is 2.40. The van der Waals surface area contributed by atoms with Gasteiger partial charge in [-0.25, -0.2) is 9.97 Å². The van der Waals surface area contributed by atoms with Crippen molar-refractivity contribution in [1.29, 1.82) is 0 Å². The fourth-order valence-electron chi connectivity index (χ4n) is 3.52. The van der Waals surface area contributed by atoms with E-state index in [1.165, 1.54) is 11.3 Å². The maximum Gasteiger partial charge on any atom is 0.227 e. The van der Waals surface area contributed by atoms with Gasteiger partial charge in [-0.2, -0.15) is 0 Å². The van der Waals surface area contributed by atoms with Crippen molar-refractivity contribution in [2.75, 3.05) is 23.9 Å². The molecule has 1 N–H and O–H groups in total. The second kappa shape index (κ2) is 7.23. The Hall–Kier alpha value is -3.15. The molecule has 0 saturated heterocycles. The van der Waals surface area contributed by atoms with Gasteiger partial charge in [0.2, 0.25) is 5.95 Å². The van der Waals surface area contributed by atoms with Gasteiger partial charge >= 0.3 is 0 Å². The lowest BCUT2D eigenvalue weighted by Crippen LogP contribution is -2.29. The molecule has 1 aromatic carbocycles.